The number of aliphatic hydroxyl groups is 2. The zero-order valence-corrected chi connectivity index (χ0v) is 39.2. The minimum atomic E-state index is -5.59. The number of aryl methyl sites for hydroxylation is 1. The summed E-state index contributed by atoms with van der Waals surface area (Å²) in [5.74, 6) is -1.14. The second-order valence-corrected chi connectivity index (χ2v) is 21.5. The quantitative estimate of drug-likeness (QED) is 0.0315. The molecule has 0 bridgehead atoms. The number of benzene rings is 1. The van der Waals surface area contributed by atoms with Crippen LogP contribution < -0.4 is 16.4 Å². The maximum atomic E-state index is 12.8. The number of unbranched alkanes of at least 4 members (excludes halogenated alkanes) is 2. The summed E-state index contributed by atoms with van der Waals surface area (Å²) in [6, 6.07) is 7.69. The molecule has 362 valence electrons. The summed E-state index contributed by atoms with van der Waals surface area (Å²) in [6.07, 6.45) is -2.61. The number of nitrogens with two attached hydrogens (primary N) is 1. The molecule has 2 amide bonds. The van der Waals surface area contributed by atoms with Gasteiger partial charge in [0.05, 0.1) is 38.0 Å². The number of phosphoric acid groups is 3. The van der Waals surface area contributed by atoms with Gasteiger partial charge in [-0.3, -0.25) is 32.5 Å². The Balaban J connectivity index is 0.986. The number of halogens is 1. The lowest BCUT2D eigenvalue weighted by molar-refractivity contribution is -0.137. The van der Waals surface area contributed by atoms with Gasteiger partial charge in [0, 0.05) is 35.7 Å². The van der Waals surface area contributed by atoms with Gasteiger partial charge in [-0.2, -0.15) is 9.41 Å². The Labute approximate surface area is 380 Å². The van der Waals surface area contributed by atoms with Crippen molar-refractivity contribution in [3.63, 3.8) is 0 Å². The van der Waals surface area contributed by atoms with Gasteiger partial charge in [-0.25, -0.2) is 18.7 Å². The molecule has 2 aromatic heterocycles. The number of nitrogen functional groups attached to an aromatic ring is 1. The van der Waals surface area contributed by atoms with Crippen LogP contribution in [-0.4, -0.2) is 135 Å². The van der Waals surface area contributed by atoms with Gasteiger partial charge in [0.2, 0.25) is 16.9 Å². The van der Waals surface area contributed by atoms with Crippen LogP contribution in [0.4, 0.5) is 5.69 Å². The molecule has 0 radical (unpaired) electrons. The number of amides is 2. The van der Waals surface area contributed by atoms with E-state index in [1.807, 2.05) is 24.3 Å². The number of hydrogen-bond donors (Lipinski definition) is 9. The van der Waals surface area contributed by atoms with Crippen molar-refractivity contribution in [2.24, 2.45) is 5.41 Å². The first-order chi connectivity index (χ1) is 30.4. The van der Waals surface area contributed by atoms with Crippen molar-refractivity contribution >= 4 is 80.6 Å². The van der Waals surface area contributed by atoms with Gasteiger partial charge in [0.1, 0.15) is 29.9 Å². The standard InChI is InChI=1S/C35H51ClN7O18P3S/c1-34(2,29(46)31(47)39-13-11-25(44)38-14-15-65-33(48)35(19-56-35)12-5-3-4-6-21-7-9-22(36)10-8-21)18-58-64(54,55)61-63(52,53)57-17-24-28(60-62(49,50)51)27(45)32(59-24)43-20-40-26-23(37)16-41-42-30(26)43/h7-10,16,20,24,27-29,32,45-46H,3-6,11-15,17-19H2,1-2H3,(H2,37,42)(H,38,44)(H,39,47)(H,52,53)(H,54,55)(H2,49,50,51)/t24-,27-,28-,29+,32-,35?/m1/s1. The number of nitrogens with one attached hydrogen (secondary N) is 2. The molecule has 2 aliphatic heterocycles. The lowest BCUT2D eigenvalue weighted by Crippen LogP contribution is -2.46. The monoisotopic (exact) mass is 1020 g/mol. The number of ether oxygens (including phenoxy) is 2. The third-order valence-electron chi connectivity index (χ3n) is 10.1. The van der Waals surface area contributed by atoms with E-state index in [1.165, 1.54) is 25.6 Å². The predicted molar refractivity (Wildman–Crippen MR) is 229 cm³/mol. The Morgan fingerprint density at radius 2 is 1.75 bits per heavy atom. The van der Waals surface area contributed by atoms with E-state index < -0.39 is 90.2 Å². The molecule has 5 rings (SSSR count). The van der Waals surface area contributed by atoms with Crippen molar-refractivity contribution in [2.75, 3.05) is 44.4 Å². The SMILES string of the molecule is CC(C)(COP(=O)(O)OP(=O)(O)OC[C@H]1O[C@@H](n2cnc3c(N)cnnc32)[C@H](O)[C@@H]1OP(=O)(O)O)[C@@H](O)C(=O)NCCC(=O)NCCSC(=O)C1(CCCCCc2ccc(Cl)cc2)CO1. The van der Waals surface area contributed by atoms with Crippen LogP contribution in [0.5, 0.6) is 0 Å². The van der Waals surface area contributed by atoms with E-state index in [4.69, 9.17) is 35.9 Å². The van der Waals surface area contributed by atoms with Crippen molar-refractivity contribution in [1.29, 1.82) is 0 Å². The summed E-state index contributed by atoms with van der Waals surface area (Å²) >= 11 is 6.99. The normalized spacial score (nSPS) is 23.4. The summed E-state index contributed by atoms with van der Waals surface area (Å²) in [5.41, 5.74) is 4.80. The number of hydrogen-bond acceptors (Lipinski definition) is 19. The topological polar surface area (TPSA) is 376 Å². The smallest absolute Gasteiger partial charge is 0.396 e. The molecular weight excluding hydrogens is 967 g/mol. The Morgan fingerprint density at radius 1 is 1.06 bits per heavy atom. The van der Waals surface area contributed by atoms with Crippen molar-refractivity contribution in [3.05, 3.63) is 47.4 Å². The molecule has 25 nitrogen and oxygen atoms in total. The molecule has 0 aliphatic carbocycles. The number of imidazole rings is 1. The number of aromatic nitrogens is 4. The summed E-state index contributed by atoms with van der Waals surface area (Å²) in [5, 5.41) is 34.7. The molecule has 30 heteroatoms. The van der Waals surface area contributed by atoms with Crippen molar-refractivity contribution in [2.45, 2.75) is 88.6 Å². The predicted octanol–water partition coefficient (Wildman–Crippen LogP) is 1.89. The van der Waals surface area contributed by atoms with E-state index >= 15 is 0 Å². The third kappa shape index (κ3) is 15.5. The molecule has 2 aliphatic rings. The number of fused-ring (bicyclic) bond motifs is 1. The molecule has 2 saturated heterocycles. The van der Waals surface area contributed by atoms with Crippen molar-refractivity contribution < 1.29 is 85.2 Å². The first kappa shape index (κ1) is 53.0. The van der Waals surface area contributed by atoms with Gasteiger partial charge < -0.3 is 55.6 Å². The molecule has 0 spiro atoms. The molecule has 4 heterocycles. The van der Waals surface area contributed by atoms with E-state index in [2.05, 4.69) is 34.6 Å². The van der Waals surface area contributed by atoms with E-state index in [1.54, 1.807) is 0 Å². The minimum Gasteiger partial charge on any atom is -0.396 e. The first-order valence-electron chi connectivity index (χ1n) is 19.9. The highest BCUT2D eigenvalue weighted by Gasteiger charge is 2.52. The van der Waals surface area contributed by atoms with E-state index in [-0.39, 0.29) is 41.5 Å². The third-order valence-corrected chi connectivity index (χ3v) is 14.5. The van der Waals surface area contributed by atoms with E-state index in [9.17, 15) is 57.9 Å². The van der Waals surface area contributed by atoms with Crippen LogP contribution in [0.15, 0.2) is 36.8 Å². The van der Waals surface area contributed by atoms with Crippen LogP contribution in [0.1, 0.15) is 57.7 Å². The fourth-order valence-electron chi connectivity index (χ4n) is 6.42. The zero-order valence-electron chi connectivity index (χ0n) is 34.9. The molecule has 3 aromatic rings. The van der Waals surface area contributed by atoms with Crippen molar-refractivity contribution in [3.8, 4) is 0 Å². The number of aliphatic hydroxyl groups excluding tert-OH is 2. The molecule has 1 aromatic carbocycles. The summed E-state index contributed by atoms with van der Waals surface area (Å²) in [4.78, 5) is 81.2. The number of anilines is 1. The van der Waals surface area contributed by atoms with E-state index in [0.29, 0.717) is 23.8 Å². The molecule has 65 heavy (non-hydrogen) atoms. The fraction of sp³-hybridized carbons (Fsp3) is 0.600. The van der Waals surface area contributed by atoms with Crippen molar-refractivity contribution in [1.82, 2.24) is 30.4 Å². The minimum absolute atomic E-state index is 0.0211. The Morgan fingerprint density at radius 3 is 2.43 bits per heavy atom. The molecule has 3 unspecified atom stereocenters. The fourth-order valence-corrected chi connectivity index (χ4v) is 10.2. The van der Waals surface area contributed by atoms with Crippen LogP contribution >= 0.6 is 46.8 Å². The zero-order chi connectivity index (χ0) is 47.8. The number of nitrogens with zero attached hydrogens (tertiary/aromatic N) is 4. The highest BCUT2D eigenvalue weighted by Crippen LogP contribution is 2.61. The van der Waals surface area contributed by atoms with Crippen LogP contribution in [0.2, 0.25) is 5.02 Å². The lowest BCUT2D eigenvalue weighted by atomic mass is 9.87. The number of carbonyl (C=O) groups is 3. The maximum Gasteiger partial charge on any atom is 0.481 e. The number of thioether (sulfide) groups is 1. The summed E-state index contributed by atoms with van der Waals surface area (Å²) < 4.78 is 67.9. The second kappa shape index (κ2) is 22.4. The first-order valence-corrected chi connectivity index (χ1v) is 25.7. The average Bonchev–Trinajstić information content (AvgIpc) is 3.80. The second-order valence-electron chi connectivity index (χ2n) is 15.7. The largest absolute Gasteiger partial charge is 0.481 e. The molecule has 0 saturated carbocycles. The molecule has 10 N–H and O–H groups in total. The Hall–Kier alpha value is -2.97. The highest BCUT2D eigenvalue weighted by atomic mass is 35.5. The number of carbonyl (C=O) groups excluding carboxylic acids is 3. The molecular formula is C35H51ClN7O18P3S. The lowest BCUT2D eigenvalue weighted by Gasteiger charge is -2.30. The number of phosphoric ester groups is 3. The van der Waals surface area contributed by atoms with Crippen LogP contribution in [0.3, 0.4) is 0 Å². The van der Waals surface area contributed by atoms with Gasteiger partial charge in [-0.15, -0.1) is 5.10 Å². The Bertz CT molecular complexity index is 2290. The van der Waals surface area contributed by atoms with Gasteiger partial charge >= 0.3 is 23.5 Å². The van der Waals surface area contributed by atoms with Crippen LogP contribution in [-0.2, 0) is 61.9 Å². The molecule has 8 atom stereocenters. The number of rotatable bonds is 26. The van der Waals surface area contributed by atoms with Gasteiger partial charge in [0.15, 0.2) is 17.5 Å². The van der Waals surface area contributed by atoms with Gasteiger partial charge in [0.25, 0.3) is 0 Å². The van der Waals surface area contributed by atoms with Crippen LogP contribution in [0, 0.1) is 5.41 Å². The average molecular weight is 1020 g/mol. The highest BCUT2D eigenvalue weighted by molar-refractivity contribution is 8.13. The number of epoxide rings is 1. The Kier molecular flexibility index (Phi) is 18.3. The maximum absolute atomic E-state index is 12.8. The van der Waals surface area contributed by atoms with E-state index in [0.717, 1.165) is 48.3 Å². The van der Waals surface area contributed by atoms with Gasteiger partial charge in [-0.1, -0.05) is 55.8 Å². The summed E-state index contributed by atoms with van der Waals surface area (Å²) in [7, 11) is -16.4. The van der Waals surface area contributed by atoms with Crippen LogP contribution in [0.25, 0.3) is 11.2 Å². The van der Waals surface area contributed by atoms with Gasteiger partial charge in [-0.05, 0) is 43.4 Å². The molecule has 2 fully saturated rings. The summed E-state index contributed by atoms with van der Waals surface area (Å²) in [6.45, 7) is 0.784.